The Hall–Kier alpha value is -1.80. The summed E-state index contributed by atoms with van der Waals surface area (Å²) in [5.41, 5.74) is 6.23. The molecule has 0 bridgehead atoms. The molecule has 0 saturated carbocycles. The number of rotatable bonds is 6. The Morgan fingerprint density at radius 1 is 0.767 bits per heavy atom. The van der Waals surface area contributed by atoms with E-state index in [1.807, 2.05) is 42.5 Å². The third kappa shape index (κ3) is 3.68. The van der Waals surface area contributed by atoms with Gasteiger partial charge in [0.15, 0.2) is 8.38 Å². The fourth-order valence-electron chi connectivity index (χ4n) is 3.90. The van der Waals surface area contributed by atoms with Crippen LogP contribution in [-0.4, -0.2) is 14.7 Å². The van der Waals surface area contributed by atoms with Crippen molar-refractivity contribution in [3.8, 4) is 28.0 Å². The van der Waals surface area contributed by atoms with Gasteiger partial charge < -0.3 is 19.2 Å². The van der Waals surface area contributed by atoms with E-state index in [-0.39, 0.29) is 5.92 Å². The highest BCUT2D eigenvalue weighted by Crippen LogP contribution is 2.51. The van der Waals surface area contributed by atoms with Gasteiger partial charge in [-0.3, -0.25) is 0 Å². The van der Waals surface area contributed by atoms with Gasteiger partial charge in [0.1, 0.15) is 5.75 Å². The molecule has 0 fully saturated rings. The summed E-state index contributed by atoms with van der Waals surface area (Å²) in [5, 5.41) is 0.844. The van der Waals surface area contributed by atoms with Crippen molar-refractivity contribution in [3.63, 3.8) is 0 Å². The van der Waals surface area contributed by atoms with Crippen molar-refractivity contribution in [2.45, 2.75) is 39.5 Å². The maximum atomic E-state index is 11.2. The Bertz CT molecular complexity index is 1090. The minimum atomic E-state index is -2.37. The van der Waals surface area contributed by atoms with Crippen molar-refractivity contribution in [1.82, 2.24) is 0 Å². The SMILES string of the molecule is CC(C)c1ccc(OP(O)c2c(P(O)O)ccc3c2-c2ccccc2-3)c(C(C)C)c1. The number of hydrogen-bond acceptors (Lipinski definition) is 4. The van der Waals surface area contributed by atoms with Crippen LogP contribution < -0.4 is 15.1 Å². The summed E-state index contributed by atoms with van der Waals surface area (Å²) in [6.07, 6.45) is 0. The summed E-state index contributed by atoms with van der Waals surface area (Å²) < 4.78 is 6.11. The Morgan fingerprint density at radius 2 is 1.47 bits per heavy atom. The molecule has 0 aliphatic heterocycles. The van der Waals surface area contributed by atoms with E-state index < -0.39 is 16.8 Å². The maximum absolute atomic E-state index is 11.2. The fourth-order valence-corrected chi connectivity index (χ4v) is 6.09. The average molecular weight is 440 g/mol. The first-order valence-electron chi connectivity index (χ1n) is 10.0. The van der Waals surface area contributed by atoms with E-state index in [0.29, 0.717) is 22.3 Å². The summed E-state index contributed by atoms with van der Waals surface area (Å²) in [6.45, 7) is 8.50. The second-order valence-electron chi connectivity index (χ2n) is 8.16. The molecule has 0 radical (unpaired) electrons. The predicted molar refractivity (Wildman–Crippen MR) is 126 cm³/mol. The zero-order valence-electron chi connectivity index (χ0n) is 17.5. The van der Waals surface area contributed by atoms with Crippen LogP contribution in [0.1, 0.15) is 50.7 Å². The molecule has 1 atom stereocenters. The zero-order chi connectivity index (χ0) is 21.6. The third-order valence-electron chi connectivity index (χ3n) is 5.56. The summed E-state index contributed by atoms with van der Waals surface area (Å²) >= 11 is 0. The van der Waals surface area contributed by atoms with Crippen molar-refractivity contribution in [2.75, 3.05) is 0 Å². The molecule has 0 heterocycles. The highest BCUT2D eigenvalue weighted by atomic mass is 31.2. The minimum Gasteiger partial charge on any atom is -0.444 e. The third-order valence-corrected chi connectivity index (χ3v) is 7.75. The van der Waals surface area contributed by atoms with Crippen LogP contribution in [0, 0.1) is 0 Å². The van der Waals surface area contributed by atoms with Gasteiger partial charge in [-0.15, -0.1) is 0 Å². The number of benzene rings is 3. The van der Waals surface area contributed by atoms with Gasteiger partial charge in [-0.25, -0.2) is 0 Å². The number of fused-ring (bicyclic) bond motifs is 4. The van der Waals surface area contributed by atoms with Crippen LogP contribution in [0.25, 0.3) is 22.3 Å². The van der Waals surface area contributed by atoms with E-state index in [4.69, 9.17) is 4.52 Å². The molecule has 1 aliphatic carbocycles. The lowest BCUT2D eigenvalue weighted by Gasteiger charge is -2.30. The molecule has 3 aromatic carbocycles. The predicted octanol–water partition coefficient (Wildman–Crippen LogP) is 5.51. The van der Waals surface area contributed by atoms with Gasteiger partial charge in [-0.05, 0) is 51.8 Å². The van der Waals surface area contributed by atoms with Gasteiger partial charge in [0, 0.05) is 10.9 Å². The molecule has 0 aromatic heterocycles. The van der Waals surface area contributed by atoms with E-state index in [1.165, 1.54) is 5.56 Å². The van der Waals surface area contributed by atoms with E-state index in [2.05, 4.69) is 33.8 Å². The van der Waals surface area contributed by atoms with Gasteiger partial charge in [-0.1, -0.05) is 70.2 Å². The molecule has 30 heavy (non-hydrogen) atoms. The molecule has 156 valence electrons. The lowest BCUT2D eigenvalue weighted by molar-refractivity contribution is 0.490. The van der Waals surface area contributed by atoms with Crippen molar-refractivity contribution >= 4 is 27.4 Å². The monoisotopic (exact) mass is 440 g/mol. The van der Waals surface area contributed by atoms with Gasteiger partial charge in [0.25, 0.3) is 8.38 Å². The zero-order valence-corrected chi connectivity index (χ0v) is 19.3. The summed E-state index contributed by atoms with van der Waals surface area (Å²) in [6, 6.07) is 17.6. The first kappa shape index (κ1) is 21.4. The molecule has 0 saturated heterocycles. The van der Waals surface area contributed by atoms with E-state index in [0.717, 1.165) is 27.8 Å². The molecule has 1 aliphatic rings. The van der Waals surface area contributed by atoms with Gasteiger partial charge in [0.05, 0.1) is 5.30 Å². The molecule has 1 unspecified atom stereocenters. The molecule has 3 N–H and O–H groups in total. The molecule has 0 amide bonds. The van der Waals surface area contributed by atoms with Crippen LogP contribution in [0.15, 0.2) is 54.6 Å². The summed E-state index contributed by atoms with van der Waals surface area (Å²) in [4.78, 5) is 31.2. The Morgan fingerprint density at radius 3 is 2.10 bits per heavy atom. The highest BCUT2D eigenvalue weighted by Gasteiger charge is 2.33. The van der Waals surface area contributed by atoms with Crippen molar-refractivity contribution in [3.05, 3.63) is 65.7 Å². The van der Waals surface area contributed by atoms with Crippen molar-refractivity contribution in [1.29, 1.82) is 0 Å². The van der Waals surface area contributed by atoms with Crippen LogP contribution in [0.2, 0.25) is 0 Å². The lowest BCUT2D eigenvalue weighted by atomic mass is 9.81. The Balaban J connectivity index is 1.77. The van der Waals surface area contributed by atoms with Crippen LogP contribution in [0.5, 0.6) is 5.75 Å². The molecular formula is C24H26O4P2. The Kier molecular flexibility index (Phi) is 5.99. The molecular weight excluding hydrogens is 414 g/mol. The van der Waals surface area contributed by atoms with Crippen LogP contribution in [-0.2, 0) is 0 Å². The quantitative estimate of drug-likeness (QED) is 0.346. The molecule has 0 spiro atoms. The summed E-state index contributed by atoms with van der Waals surface area (Å²) in [5.74, 6) is 1.27. The second-order valence-corrected chi connectivity index (χ2v) is 10.4. The topological polar surface area (TPSA) is 69.9 Å². The minimum absolute atomic E-state index is 0.230. The van der Waals surface area contributed by atoms with E-state index in [9.17, 15) is 14.7 Å². The molecule has 3 aromatic rings. The largest absolute Gasteiger partial charge is 0.444 e. The summed E-state index contributed by atoms with van der Waals surface area (Å²) in [7, 11) is -4.45. The van der Waals surface area contributed by atoms with Crippen LogP contribution in [0.4, 0.5) is 0 Å². The molecule has 4 rings (SSSR count). The smallest absolute Gasteiger partial charge is 0.263 e. The lowest BCUT2D eigenvalue weighted by Crippen LogP contribution is -2.28. The van der Waals surface area contributed by atoms with Crippen molar-refractivity contribution < 1.29 is 19.2 Å². The van der Waals surface area contributed by atoms with Gasteiger partial charge >= 0.3 is 0 Å². The standard InChI is InChI=1S/C24H26O4P2/c1-14(2)16-9-11-21(20(13-16)15(3)4)28-30(27)24-22(29(25)26)12-10-19-17-7-5-6-8-18(17)23(19)24/h5-15,25-27H,1-4H3. The first-order valence-corrected chi connectivity index (χ1v) is 12.5. The highest BCUT2D eigenvalue weighted by molar-refractivity contribution is 7.62. The normalized spacial score (nSPS) is 13.3. The van der Waals surface area contributed by atoms with Crippen LogP contribution in [0.3, 0.4) is 0 Å². The average Bonchev–Trinajstić information content (AvgIpc) is 2.70. The van der Waals surface area contributed by atoms with Crippen LogP contribution >= 0.6 is 16.8 Å². The van der Waals surface area contributed by atoms with E-state index in [1.54, 1.807) is 6.07 Å². The number of hydrogen-bond donors (Lipinski definition) is 3. The van der Waals surface area contributed by atoms with Gasteiger partial charge in [-0.2, -0.15) is 0 Å². The fraction of sp³-hybridized carbons (Fsp3) is 0.250. The molecule has 4 nitrogen and oxygen atoms in total. The first-order chi connectivity index (χ1) is 14.3. The van der Waals surface area contributed by atoms with Gasteiger partial charge in [0.2, 0.25) is 0 Å². The van der Waals surface area contributed by atoms with E-state index >= 15 is 0 Å². The second kappa shape index (κ2) is 8.38. The van der Waals surface area contributed by atoms with Crippen molar-refractivity contribution in [2.24, 2.45) is 0 Å². The Labute approximate surface area is 180 Å². The molecule has 6 heteroatoms. The maximum Gasteiger partial charge on any atom is 0.263 e.